The number of benzene rings is 2. The third kappa shape index (κ3) is 2.44. The van der Waals surface area contributed by atoms with Crippen LogP contribution in [0.1, 0.15) is 0 Å². The van der Waals surface area contributed by atoms with Gasteiger partial charge in [0, 0.05) is 18.2 Å². The molecule has 3 rings (SSSR count). The number of nitrogens with two attached hydrogens (primary N) is 1. The van der Waals surface area contributed by atoms with Gasteiger partial charge in [-0.2, -0.15) is 0 Å². The van der Waals surface area contributed by atoms with Crippen molar-refractivity contribution in [3.05, 3.63) is 41.2 Å². The Labute approximate surface area is 119 Å². The van der Waals surface area contributed by atoms with E-state index in [-0.39, 0.29) is 5.02 Å². The second kappa shape index (κ2) is 5.09. The molecule has 0 unspecified atom stereocenters. The van der Waals surface area contributed by atoms with E-state index in [9.17, 15) is 4.39 Å². The van der Waals surface area contributed by atoms with Gasteiger partial charge < -0.3 is 19.9 Å². The van der Waals surface area contributed by atoms with E-state index in [2.05, 4.69) is 0 Å². The molecule has 6 heteroatoms. The monoisotopic (exact) mass is 295 g/mol. The van der Waals surface area contributed by atoms with Crippen LogP contribution < -0.4 is 19.9 Å². The summed E-state index contributed by atoms with van der Waals surface area (Å²) < 4.78 is 29.8. The number of hydrogen-bond donors (Lipinski definition) is 1. The van der Waals surface area contributed by atoms with Gasteiger partial charge in [-0.1, -0.05) is 11.6 Å². The van der Waals surface area contributed by atoms with E-state index in [1.54, 1.807) is 18.2 Å². The Morgan fingerprint density at radius 2 is 1.80 bits per heavy atom. The van der Waals surface area contributed by atoms with Crippen LogP contribution in [0.5, 0.6) is 23.0 Å². The Kier molecular flexibility index (Phi) is 3.28. The molecular weight excluding hydrogens is 285 g/mol. The van der Waals surface area contributed by atoms with Crippen molar-refractivity contribution in [1.82, 2.24) is 0 Å². The van der Waals surface area contributed by atoms with E-state index >= 15 is 0 Å². The Hall–Kier alpha value is -2.14. The van der Waals surface area contributed by atoms with Crippen LogP contribution in [0.3, 0.4) is 0 Å². The van der Waals surface area contributed by atoms with E-state index in [4.69, 9.17) is 31.5 Å². The van der Waals surface area contributed by atoms with Crippen molar-refractivity contribution in [3.63, 3.8) is 0 Å². The van der Waals surface area contributed by atoms with Gasteiger partial charge in [0.05, 0.1) is 10.7 Å². The molecule has 1 aliphatic rings. The molecular formula is C14H11ClFNO3. The molecule has 0 bridgehead atoms. The van der Waals surface area contributed by atoms with E-state index < -0.39 is 5.82 Å². The molecule has 0 saturated heterocycles. The average Bonchev–Trinajstić information content (AvgIpc) is 2.44. The van der Waals surface area contributed by atoms with Gasteiger partial charge in [-0.3, -0.25) is 0 Å². The molecule has 0 radical (unpaired) electrons. The maximum absolute atomic E-state index is 13.4. The summed E-state index contributed by atoms with van der Waals surface area (Å²) in [5.41, 5.74) is 6.26. The van der Waals surface area contributed by atoms with Crippen molar-refractivity contribution in [2.45, 2.75) is 0 Å². The maximum Gasteiger partial charge on any atom is 0.165 e. The molecule has 0 aliphatic carbocycles. The van der Waals surface area contributed by atoms with Crippen LogP contribution in [0.15, 0.2) is 30.3 Å². The third-order valence-corrected chi connectivity index (χ3v) is 3.10. The standard InChI is InChI=1S/C14H11ClFNO3/c15-9-2-1-8(5-10(9)16)20-12-7-14-13(6-11(12)17)18-3-4-19-14/h1-2,5-7H,3-4,17H2. The minimum atomic E-state index is -0.555. The number of ether oxygens (including phenoxy) is 3. The first kappa shape index (κ1) is 12.9. The van der Waals surface area contributed by atoms with E-state index in [1.165, 1.54) is 12.1 Å². The van der Waals surface area contributed by atoms with Crippen molar-refractivity contribution in [2.24, 2.45) is 0 Å². The fourth-order valence-electron chi connectivity index (χ4n) is 1.84. The van der Waals surface area contributed by atoms with Gasteiger partial charge in [-0.05, 0) is 12.1 Å². The van der Waals surface area contributed by atoms with Gasteiger partial charge in [0.2, 0.25) is 0 Å². The summed E-state index contributed by atoms with van der Waals surface area (Å²) in [5, 5.41) is 0.0347. The molecule has 2 aromatic carbocycles. The second-order valence-corrected chi connectivity index (χ2v) is 4.62. The molecule has 0 saturated carbocycles. The minimum absolute atomic E-state index is 0.0347. The largest absolute Gasteiger partial charge is 0.486 e. The highest BCUT2D eigenvalue weighted by atomic mass is 35.5. The summed E-state index contributed by atoms with van der Waals surface area (Å²) in [6, 6.07) is 7.41. The normalized spacial score (nSPS) is 13.1. The molecule has 2 aromatic rings. The lowest BCUT2D eigenvalue weighted by Crippen LogP contribution is -2.15. The summed E-state index contributed by atoms with van der Waals surface area (Å²) in [7, 11) is 0. The number of rotatable bonds is 2. The topological polar surface area (TPSA) is 53.7 Å². The zero-order valence-electron chi connectivity index (χ0n) is 10.4. The van der Waals surface area contributed by atoms with Gasteiger partial charge >= 0.3 is 0 Å². The fourth-order valence-corrected chi connectivity index (χ4v) is 1.96. The third-order valence-electron chi connectivity index (χ3n) is 2.79. The summed E-state index contributed by atoms with van der Waals surface area (Å²) >= 11 is 5.62. The van der Waals surface area contributed by atoms with Crippen molar-refractivity contribution in [2.75, 3.05) is 18.9 Å². The minimum Gasteiger partial charge on any atom is -0.486 e. The van der Waals surface area contributed by atoms with Crippen molar-refractivity contribution < 1.29 is 18.6 Å². The molecule has 2 N–H and O–H groups in total. The van der Waals surface area contributed by atoms with Crippen LogP contribution in [0.4, 0.5) is 10.1 Å². The Morgan fingerprint density at radius 1 is 1.10 bits per heavy atom. The van der Waals surface area contributed by atoms with Crippen molar-refractivity contribution in [1.29, 1.82) is 0 Å². The highest BCUT2D eigenvalue weighted by Crippen LogP contribution is 2.40. The second-order valence-electron chi connectivity index (χ2n) is 4.21. The van der Waals surface area contributed by atoms with Crippen LogP contribution in [0.25, 0.3) is 0 Å². The van der Waals surface area contributed by atoms with Crippen LogP contribution in [0.2, 0.25) is 5.02 Å². The molecule has 1 aliphatic heterocycles. The lowest BCUT2D eigenvalue weighted by atomic mass is 10.2. The fraction of sp³-hybridized carbons (Fsp3) is 0.143. The predicted octanol–water partition coefficient (Wildman–Crippen LogP) is 3.62. The first-order chi connectivity index (χ1) is 9.63. The van der Waals surface area contributed by atoms with E-state index in [1.807, 2.05) is 0 Å². The van der Waals surface area contributed by atoms with Crippen molar-refractivity contribution >= 4 is 17.3 Å². The predicted molar refractivity (Wildman–Crippen MR) is 73.3 cm³/mol. The molecule has 0 amide bonds. The molecule has 0 aromatic heterocycles. The van der Waals surface area contributed by atoms with Gasteiger partial charge in [0.15, 0.2) is 17.2 Å². The summed E-state index contributed by atoms with van der Waals surface area (Å²) in [5.74, 6) is 1.24. The van der Waals surface area contributed by atoms with Gasteiger partial charge in [0.25, 0.3) is 0 Å². The molecule has 104 valence electrons. The lowest BCUT2D eigenvalue weighted by molar-refractivity contribution is 0.171. The lowest BCUT2D eigenvalue weighted by Gasteiger charge is -2.20. The first-order valence-electron chi connectivity index (χ1n) is 5.95. The number of halogens is 2. The van der Waals surface area contributed by atoms with E-state index in [0.717, 1.165) is 0 Å². The number of hydrogen-bond acceptors (Lipinski definition) is 4. The number of anilines is 1. The molecule has 0 fully saturated rings. The molecule has 0 atom stereocenters. The summed E-state index contributed by atoms with van der Waals surface area (Å²) in [6.07, 6.45) is 0. The summed E-state index contributed by atoms with van der Waals surface area (Å²) in [6.45, 7) is 0.945. The first-order valence-corrected chi connectivity index (χ1v) is 6.33. The Bertz CT molecular complexity index is 663. The molecule has 4 nitrogen and oxygen atoms in total. The maximum atomic E-state index is 13.4. The Morgan fingerprint density at radius 3 is 2.50 bits per heavy atom. The van der Waals surface area contributed by atoms with Gasteiger partial charge in [-0.15, -0.1) is 0 Å². The summed E-state index contributed by atoms with van der Waals surface area (Å²) in [4.78, 5) is 0. The number of nitrogen functional groups attached to an aromatic ring is 1. The van der Waals surface area contributed by atoms with Gasteiger partial charge in [-0.25, -0.2) is 4.39 Å². The van der Waals surface area contributed by atoms with Gasteiger partial charge in [0.1, 0.15) is 24.8 Å². The van der Waals surface area contributed by atoms with Crippen LogP contribution in [-0.2, 0) is 0 Å². The van der Waals surface area contributed by atoms with E-state index in [0.29, 0.717) is 41.9 Å². The molecule has 0 spiro atoms. The number of fused-ring (bicyclic) bond motifs is 1. The van der Waals surface area contributed by atoms with Crippen LogP contribution >= 0.6 is 11.6 Å². The molecule has 20 heavy (non-hydrogen) atoms. The highest BCUT2D eigenvalue weighted by molar-refractivity contribution is 6.30. The zero-order chi connectivity index (χ0) is 14.1. The quantitative estimate of drug-likeness (QED) is 0.860. The SMILES string of the molecule is Nc1cc2c(cc1Oc1ccc(Cl)c(F)c1)OCCO2. The zero-order valence-corrected chi connectivity index (χ0v) is 11.1. The van der Waals surface area contributed by atoms with Crippen molar-refractivity contribution in [3.8, 4) is 23.0 Å². The average molecular weight is 296 g/mol. The Balaban J connectivity index is 1.92. The van der Waals surface area contributed by atoms with Crippen LogP contribution in [-0.4, -0.2) is 13.2 Å². The van der Waals surface area contributed by atoms with Crippen LogP contribution in [0, 0.1) is 5.82 Å². The molecule has 1 heterocycles. The smallest absolute Gasteiger partial charge is 0.165 e. The highest BCUT2D eigenvalue weighted by Gasteiger charge is 2.16.